The molecule has 0 spiro atoms. The molecule has 0 rings (SSSR count). The highest BCUT2D eigenvalue weighted by molar-refractivity contribution is 7.38. The third kappa shape index (κ3) is 665. The molecule has 0 heterocycles. The van der Waals surface area contributed by atoms with E-state index >= 15 is 0 Å². The number of hydrogen-bond donors (Lipinski definition) is 9. The van der Waals surface area contributed by atoms with Crippen LogP contribution in [-0.4, -0.2) is 44.0 Å². The lowest BCUT2D eigenvalue weighted by molar-refractivity contribution is 0.366. The maximum atomic E-state index is 7.23. The topological polar surface area (TPSA) is 182 Å². The summed E-state index contributed by atoms with van der Waals surface area (Å²) in [4.78, 5) is 65.1. The predicted molar refractivity (Wildman–Crippen MR) is 74.0 cm³/mol. The highest BCUT2D eigenvalue weighted by Gasteiger charge is 1.77. The van der Waals surface area contributed by atoms with Gasteiger partial charge in [-0.1, -0.05) is 0 Å². The van der Waals surface area contributed by atoms with Crippen molar-refractivity contribution in [2.24, 2.45) is 0 Å². The van der Waals surface area contributed by atoms with E-state index in [9.17, 15) is 0 Å². The molecule has 0 aromatic heterocycles. The Balaban J connectivity index is -0.0000000184. The highest BCUT2D eigenvalue weighted by Crippen LogP contribution is 2.12. The van der Waals surface area contributed by atoms with Gasteiger partial charge in [-0.3, -0.25) is 0 Å². The van der Waals surface area contributed by atoms with E-state index < -0.39 is 25.8 Å². The summed E-state index contributed by atoms with van der Waals surface area (Å²) in [6.07, 6.45) is 0. The second-order valence-corrected chi connectivity index (χ2v) is 2.41. The Hall–Kier alpha value is 2.22. The third-order valence-corrected chi connectivity index (χ3v) is 0. The Morgan fingerprint density at radius 3 is 0.333 bits per heavy atom. The van der Waals surface area contributed by atoms with Gasteiger partial charge < -0.3 is 44.0 Å². The van der Waals surface area contributed by atoms with Crippen molar-refractivity contribution >= 4 is 55.5 Å². The molecule has 0 aliphatic rings. The van der Waals surface area contributed by atoms with E-state index in [1.807, 2.05) is 0 Å². The molecular weight excluding hydrogens is 330 g/mol. The normalized spacial score (nSPS) is 7.20. The zero-order chi connectivity index (χ0) is 10.7. The third-order valence-electron chi connectivity index (χ3n) is 0. The van der Waals surface area contributed by atoms with E-state index in [-0.39, 0.29) is 29.7 Å². The van der Waals surface area contributed by atoms with Crippen LogP contribution in [0.1, 0.15) is 0 Å². The summed E-state index contributed by atoms with van der Waals surface area (Å²) in [5.41, 5.74) is 0. The molecule has 9 nitrogen and oxygen atoms in total. The minimum Gasteiger partial charge on any atom is -0.328 e. The standard InChI is InChI=1S/3H3O3P.3H3P/c3*1-4(2)3;;;/h3*1-3H;3*1H3. The molecule has 0 saturated carbocycles. The van der Waals surface area contributed by atoms with Crippen LogP contribution in [0.3, 0.4) is 0 Å². The summed E-state index contributed by atoms with van der Waals surface area (Å²) < 4.78 is 0. The summed E-state index contributed by atoms with van der Waals surface area (Å²) in [6, 6.07) is 0. The Morgan fingerprint density at radius 1 is 0.333 bits per heavy atom. The van der Waals surface area contributed by atoms with Gasteiger partial charge in [-0.15, -0.1) is 0 Å². The number of hydrogen-bond acceptors (Lipinski definition) is 9. The van der Waals surface area contributed by atoms with Crippen molar-refractivity contribution in [2.45, 2.75) is 0 Å². The van der Waals surface area contributed by atoms with Gasteiger partial charge in [0, 0.05) is 0 Å². The second kappa shape index (κ2) is 29.8. The average Bonchev–Trinajstić information content (AvgIpc) is 1.54. The molecule has 3 unspecified atom stereocenters. The van der Waals surface area contributed by atoms with Gasteiger partial charge in [0.2, 0.25) is 0 Å². The summed E-state index contributed by atoms with van der Waals surface area (Å²) in [6.45, 7) is 0. The van der Waals surface area contributed by atoms with Gasteiger partial charge in [0.25, 0.3) is 0 Å². The van der Waals surface area contributed by atoms with E-state index in [0.29, 0.717) is 0 Å². The van der Waals surface area contributed by atoms with Crippen LogP contribution in [0.15, 0.2) is 0 Å². The molecule has 0 radical (unpaired) electrons. The molecule has 3 atom stereocenters. The molecule has 0 amide bonds. The fourth-order valence-electron chi connectivity index (χ4n) is 0. The molecule has 0 saturated heterocycles. The van der Waals surface area contributed by atoms with E-state index in [1.54, 1.807) is 0 Å². The molecular formula is H18O9P6. The first-order valence-electron chi connectivity index (χ1n) is 1.80. The Labute approximate surface area is 100 Å². The van der Waals surface area contributed by atoms with Crippen molar-refractivity contribution in [2.75, 3.05) is 0 Å². The van der Waals surface area contributed by atoms with Gasteiger partial charge >= 0.3 is 25.8 Å². The van der Waals surface area contributed by atoms with Crippen LogP contribution in [0, 0.1) is 0 Å². The predicted octanol–water partition coefficient (Wildman–Crippen LogP) is -2.26. The van der Waals surface area contributed by atoms with Gasteiger partial charge in [-0.25, -0.2) is 0 Å². The summed E-state index contributed by atoms with van der Waals surface area (Å²) in [5.74, 6) is 0. The highest BCUT2D eigenvalue weighted by atomic mass is 31.2. The Bertz CT molecular complexity index is 43.1. The lowest BCUT2D eigenvalue weighted by Crippen LogP contribution is -1.54. The molecule has 9 N–H and O–H groups in total. The summed E-state index contributed by atoms with van der Waals surface area (Å²) >= 11 is 0. The van der Waals surface area contributed by atoms with Crippen molar-refractivity contribution in [3.05, 3.63) is 0 Å². The van der Waals surface area contributed by atoms with E-state index in [4.69, 9.17) is 44.0 Å². The van der Waals surface area contributed by atoms with Gasteiger partial charge in [0.1, 0.15) is 0 Å². The second-order valence-electron chi connectivity index (χ2n) is 0.805. The monoisotopic (exact) mass is 348 g/mol. The summed E-state index contributed by atoms with van der Waals surface area (Å²) in [5, 5.41) is 0. The SMILES string of the molecule is OP(O)O.OP(O)O.OP(O)O.P.P.P. The van der Waals surface area contributed by atoms with Crippen LogP contribution in [0.25, 0.3) is 0 Å². The van der Waals surface area contributed by atoms with Crippen molar-refractivity contribution < 1.29 is 44.0 Å². The van der Waals surface area contributed by atoms with Gasteiger partial charge in [0.15, 0.2) is 0 Å². The lowest BCUT2D eigenvalue weighted by atomic mass is 15.8. The van der Waals surface area contributed by atoms with Crippen molar-refractivity contribution in [1.82, 2.24) is 0 Å². The van der Waals surface area contributed by atoms with Crippen LogP contribution >= 0.6 is 55.5 Å². The molecule has 0 bridgehead atoms. The fraction of sp³-hybridized carbons (Fsp3) is 0. The first-order chi connectivity index (χ1) is 5.20. The van der Waals surface area contributed by atoms with Crippen LogP contribution in [-0.2, 0) is 0 Å². The van der Waals surface area contributed by atoms with E-state index in [0.717, 1.165) is 0 Å². The molecule has 0 aliphatic heterocycles. The molecule has 15 heavy (non-hydrogen) atoms. The van der Waals surface area contributed by atoms with E-state index in [2.05, 4.69) is 0 Å². The fourth-order valence-corrected chi connectivity index (χ4v) is 0. The zero-order valence-electron chi connectivity index (χ0n) is 7.49. The first-order valence-corrected chi connectivity index (χ1v) is 5.40. The van der Waals surface area contributed by atoms with Gasteiger partial charge in [-0.05, 0) is 0 Å². The molecule has 0 aromatic carbocycles. The maximum absolute atomic E-state index is 7.23. The molecule has 0 aromatic rings. The average molecular weight is 348 g/mol. The molecule has 102 valence electrons. The quantitative estimate of drug-likeness (QED) is 0.218. The molecule has 0 aliphatic carbocycles. The van der Waals surface area contributed by atoms with Crippen molar-refractivity contribution in [3.63, 3.8) is 0 Å². The van der Waals surface area contributed by atoms with Crippen molar-refractivity contribution in [1.29, 1.82) is 0 Å². The largest absolute Gasteiger partial charge is 0.328 e. The maximum Gasteiger partial charge on any atom is 0.324 e. The minimum absolute atomic E-state index is 0. The smallest absolute Gasteiger partial charge is 0.324 e. The molecule has 0 fully saturated rings. The first kappa shape index (κ1) is 36.0. The van der Waals surface area contributed by atoms with Gasteiger partial charge in [-0.2, -0.15) is 29.7 Å². The lowest BCUT2D eigenvalue weighted by Gasteiger charge is -1.76. The van der Waals surface area contributed by atoms with Crippen LogP contribution in [0.5, 0.6) is 0 Å². The number of rotatable bonds is 0. The zero-order valence-corrected chi connectivity index (χ0v) is 14.4. The van der Waals surface area contributed by atoms with Gasteiger partial charge in [0.05, 0.1) is 0 Å². The van der Waals surface area contributed by atoms with Crippen molar-refractivity contribution in [3.8, 4) is 0 Å². The Morgan fingerprint density at radius 2 is 0.333 bits per heavy atom. The van der Waals surface area contributed by atoms with Crippen LogP contribution < -0.4 is 0 Å². The minimum atomic E-state index is -2.62. The molecule has 15 heteroatoms. The Kier molecular flexibility index (Phi) is 71.6. The van der Waals surface area contributed by atoms with Crippen LogP contribution in [0.2, 0.25) is 0 Å². The summed E-state index contributed by atoms with van der Waals surface area (Å²) in [7, 11) is -7.86. The van der Waals surface area contributed by atoms with Crippen LogP contribution in [0.4, 0.5) is 0 Å². The van der Waals surface area contributed by atoms with E-state index in [1.165, 1.54) is 0 Å².